The number of amidine groups is 1. The summed E-state index contributed by atoms with van der Waals surface area (Å²) in [6.45, 7) is 4.60. The maximum absolute atomic E-state index is 13.4. The van der Waals surface area contributed by atoms with Gasteiger partial charge < -0.3 is 15.2 Å². The molecule has 2 aromatic rings. The van der Waals surface area contributed by atoms with Gasteiger partial charge in [0.15, 0.2) is 11.5 Å². The molecule has 0 aromatic carbocycles. The third-order valence-corrected chi connectivity index (χ3v) is 5.79. The predicted molar refractivity (Wildman–Crippen MR) is 143 cm³/mol. The van der Waals surface area contributed by atoms with Crippen molar-refractivity contribution >= 4 is 29.6 Å². The zero-order valence-corrected chi connectivity index (χ0v) is 22.0. The van der Waals surface area contributed by atoms with Crippen LogP contribution in [0.15, 0.2) is 39.2 Å². The third kappa shape index (κ3) is 9.24. The number of aromatic amines is 1. The number of hydrogen-bond acceptors (Lipinski definition) is 6. The highest BCUT2D eigenvalue weighted by atomic mass is 19.3. The number of carbonyl (C=O) groups excluding carboxylic acids is 2. The SMILES string of the molecule is CCCCCCN(CCCCC(=NC)N=C(C)c1ccccn1)C(=O)c1nc(C(F)F)[nH]c(=O)c1NC=O. The Kier molecular flexibility index (Phi) is 12.9. The molecule has 0 bridgehead atoms. The molecule has 2 amide bonds. The van der Waals surface area contributed by atoms with E-state index in [1.165, 1.54) is 4.90 Å². The summed E-state index contributed by atoms with van der Waals surface area (Å²) in [7, 11) is 1.66. The molecule has 0 aliphatic carbocycles. The largest absolute Gasteiger partial charge is 0.337 e. The number of unbranched alkanes of at least 4 members (excludes halogenated alkanes) is 4. The van der Waals surface area contributed by atoms with Crippen LogP contribution in [-0.4, -0.2) is 63.9 Å². The molecule has 0 spiro atoms. The lowest BCUT2D eigenvalue weighted by Gasteiger charge is -2.23. The summed E-state index contributed by atoms with van der Waals surface area (Å²) in [6, 6.07) is 5.57. The molecule has 10 nitrogen and oxygen atoms in total. The van der Waals surface area contributed by atoms with Gasteiger partial charge in [0.2, 0.25) is 6.41 Å². The van der Waals surface area contributed by atoms with Crippen LogP contribution in [0.1, 0.15) is 87.2 Å². The normalized spacial score (nSPS) is 12.1. The molecule has 38 heavy (non-hydrogen) atoms. The minimum absolute atomic E-state index is 0.204. The van der Waals surface area contributed by atoms with Crippen molar-refractivity contribution in [1.82, 2.24) is 19.9 Å². The lowest BCUT2D eigenvalue weighted by atomic mass is 10.1. The van der Waals surface area contributed by atoms with Crippen molar-refractivity contribution in [3.63, 3.8) is 0 Å². The zero-order chi connectivity index (χ0) is 27.9. The second-order valence-electron chi connectivity index (χ2n) is 8.60. The number of H-pyrrole nitrogens is 1. The molecule has 2 rings (SSSR count). The molecule has 206 valence electrons. The first-order chi connectivity index (χ1) is 18.3. The molecular formula is C26H35F2N7O3. The highest BCUT2D eigenvalue weighted by Gasteiger charge is 2.25. The van der Waals surface area contributed by atoms with E-state index < -0.39 is 35.1 Å². The first-order valence-electron chi connectivity index (χ1n) is 12.7. The molecule has 0 radical (unpaired) electrons. The van der Waals surface area contributed by atoms with E-state index in [0.717, 1.165) is 30.7 Å². The van der Waals surface area contributed by atoms with Gasteiger partial charge in [-0.1, -0.05) is 32.3 Å². The van der Waals surface area contributed by atoms with Crippen molar-refractivity contribution in [3.8, 4) is 0 Å². The first kappa shape index (κ1) is 30.4. The van der Waals surface area contributed by atoms with Crippen LogP contribution in [0.3, 0.4) is 0 Å². The quantitative estimate of drug-likeness (QED) is 0.152. The number of nitrogens with one attached hydrogen (secondary N) is 2. The Morgan fingerprint density at radius 1 is 1.18 bits per heavy atom. The predicted octanol–water partition coefficient (Wildman–Crippen LogP) is 4.40. The van der Waals surface area contributed by atoms with Gasteiger partial charge in [0.25, 0.3) is 17.9 Å². The fourth-order valence-electron chi connectivity index (χ4n) is 3.77. The maximum Gasteiger partial charge on any atom is 0.295 e. The van der Waals surface area contributed by atoms with Crippen molar-refractivity contribution in [3.05, 3.63) is 52.0 Å². The van der Waals surface area contributed by atoms with Gasteiger partial charge >= 0.3 is 0 Å². The summed E-state index contributed by atoms with van der Waals surface area (Å²) >= 11 is 0. The fraction of sp³-hybridized carbons (Fsp3) is 0.500. The third-order valence-electron chi connectivity index (χ3n) is 5.79. The van der Waals surface area contributed by atoms with Crippen LogP contribution in [-0.2, 0) is 4.79 Å². The van der Waals surface area contributed by atoms with Crippen LogP contribution >= 0.6 is 0 Å². The van der Waals surface area contributed by atoms with E-state index in [0.29, 0.717) is 44.6 Å². The molecule has 0 saturated carbocycles. The van der Waals surface area contributed by atoms with Gasteiger partial charge in [-0.3, -0.25) is 24.4 Å². The second kappa shape index (κ2) is 16.1. The average Bonchev–Trinajstić information content (AvgIpc) is 2.92. The van der Waals surface area contributed by atoms with E-state index >= 15 is 0 Å². The Bertz CT molecular complexity index is 1170. The number of aliphatic imine (C=N–C) groups is 2. The smallest absolute Gasteiger partial charge is 0.295 e. The lowest BCUT2D eigenvalue weighted by Crippen LogP contribution is -2.36. The summed E-state index contributed by atoms with van der Waals surface area (Å²) < 4.78 is 26.6. The molecule has 0 aliphatic heterocycles. The lowest BCUT2D eigenvalue weighted by molar-refractivity contribution is -0.105. The number of carbonyl (C=O) groups is 2. The Morgan fingerprint density at radius 3 is 2.53 bits per heavy atom. The number of rotatable bonds is 15. The van der Waals surface area contributed by atoms with Gasteiger partial charge in [0.05, 0.1) is 11.4 Å². The van der Waals surface area contributed by atoms with E-state index in [1.807, 2.05) is 30.1 Å². The number of aromatic nitrogens is 3. The number of hydrogen-bond donors (Lipinski definition) is 2. The van der Waals surface area contributed by atoms with Crippen LogP contribution in [0, 0.1) is 0 Å². The number of alkyl halides is 2. The molecule has 2 N–H and O–H groups in total. The Hall–Kier alpha value is -3.83. The monoisotopic (exact) mass is 531 g/mol. The highest BCUT2D eigenvalue weighted by Crippen LogP contribution is 2.18. The van der Waals surface area contributed by atoms with Crippen LogP contribution in [0.2, 0.25) is 0 Å². The Labute approximate surface area is 220 Å². The van der Waals surface area contributed by atoms with E-state index in [1.54, 1.807) is 13.2 Å². The molecular weight excluding hydrogens is 496 g/mol. The van der Waals surface area contributed by atoms with E-state index in [-0.39, 0.29) is 6.41 Å². The van der Waals surface area contributed by atoms with Crippen molar-refractivity contribution < 1.29 is 18.4 Å². The summed E-state index contributed by atoms with van der Waals surface area (Å²) in [5.74, 6) is -0.970. The highest BCUT2D eigenvalue weighted by molar-refractivity contribution is 6.05. The summed E-state index contributed by atoms with van der Waals surface area (Å²) in [5.41, 5.74) is -0.470. The van der Waals surface area contributed by atoms with E-state index in [2.05, 4.69) is 32.2 Å². The van der Waals surface area contributed by atoms with Gasteiger partial charge in [0, 0.05) is 32.8 Å². The van der Waals surface area contributed by atoms with E-state index in [9.17, 15) is 23.2 Å². The van der Waals surface area contributed by atoms with Crippen LogP contribution < -0.4 is 10.9 Å². The van der Waals surface area contributed by atoms with Crippen molar-refractivity contribution in [1.29, 1.82) is 0 Å². The van der Waals surface area contributed by atoms with Crippen LogP contribution in [0.4, 0.5) is 14.5 Å². The Balaban J connectivity index is 2.15. The first-order valence-corrected chi connectivity index (χ1v) is 12.7. The van der Waals surface area contributed by atoms with Crippen molar-refractivity contribution in [2.45, 2.75) is 65.2 Å². The Morgan fingerprint density at radius 2 is 1.92 bits per heavy atom. The molecule has 0 atom stereocenters. The topological polar surface area (TPSA) is 133 Å². The van der Waals surface area contributed by atoms with Gasteiger partial charge in [-0.15, -0.1) is 0 Å². The molecule has 0 fully saturated rings. The minimum Gasteiger partial charge on any atom is -0.337 e. The zero-order valence-electron chi connectivity index (χ0n) is 22.0. The standard InChI is InChI=1S/C26H35F2N7O3/c1-4-5-6-10-15-35(26(38)22-21(31-17-36)25(37)34-24(33-22)23(27)28)16-11-8-13-20(29-3)32-18(2)19-12-7-9-14-30-19/h7,9,12,14,17,23H,4-6,8,10-11,13,15-16H2,1-3H3,(H,31,36)(H,33,34,37). The van der Waals surface area contributed by atoms with Gasteiger partial charge in [-0.05, 0) is 38.3 Å². The van der Waals surface area contributed by atoms with Gasteiger partial charge in [-0.2, -0.15) is 0 Å². The van der Waals surface area contributed by atoms with E-state index in [4.69, 9.17) is 0 Å². The molecule has 2 aromatic heterocycles. The molecule has 12 heteroatoms. The molecule has 2 heterocycles. The second-order valence-corrected chi connectivity index (χ2v) is 8.60. The van der Waals surface area contributed by atoms with Crippen molar-refractivity contribution in [2.75, 3.05) is 25.5 Å². The number of halogens is 2. The van der Waals surface area contributed by atoms with Gasteiger partial charge in [-0.25, -0.2) is 18.8 Å². The molecule has 0 unspecified atom stereocenters. The number of nitrogens with zero attached hydrogens (tertiary/aromatic N) is 5. The average molecular weight is 532 g/mol. The number of amides is 2. The minimum atomic E-state index is -3.08. The summed E-state index contributed by atoms with van der Waals surface area (Å²) in [5, 5.41) is 2.13. The number of pyridine rings is 1. The molecule has 0 saturated heterocycles. The summed E-state index contributed by atoms with van der Waals surface area (Å²) in [4.78, 5) is 56.9. The van der Waals surface area contributed by atoms with Crippen LogP contribution in [0.25, 0.3) is 0 Å². The van der Waals surface area contributed by atoms with Crippen molar-refractivity contribution in [2.24, 2.45) is 9.98 Å². The maximum atomic E-state index is 13.4. The van der Waals surface area contributed by atoms with Crippen LogP contribution in [0.5, 0.6) is 0 Å². The fourth-order valence-corrected chi connectivity index (χ4v) is 3.77. The van der Waals surface area contributed by atoms with Gasteiger partial charge in [0.1, 0.15) is 11.5 Å². The number of anilines is 1. The molecule has 0 aliphatic rings. The summed E-state index contributed by atoms with van der Waals surface area (Å²) in [6.07, 6.45) is 4.21.